The fourth-order valence-corrected chi connectivity index (χ4v) is 5.03. The smallest absolute Gasteiger partial charge is 0.258 e. The van der Waals surface area contributed by atoms with Crippen molar-refractivity contribution in [2.24, 2.45) is 11.7 Å². The maximum absolute atomic E-state index is 14.7. The van der Waals surface area contributed by atoms with E-state index < -0.39 is 11.7 Å². The van der Waals surface area contributed by atoms with Gasteiger partial charge in [-0.15, -0.1) is 0 Å². The number of likely N-dealkylation sites (tertiary alicyclic amines) is 1. The van der Waals surface area contributed by atoms with Crippen LogP contribution in [0, 0.1) is 17.1 Å². The second-order valence-electron chi connectivity index (χ2n) is 9.23. The summed E-state index contributed by atoms with van der Waals surface area (Å²) >= 11 is 3.45. The number of halogens is 2. The van der Waals surface area contributed by atoms with Crippen molar-refractivity contribution in [3.8, 4) is 5.75 Å². The van der Waals surface area contributed by atoms with Crippen molar-refractivity contribution in [3.05, 3.63) is 63.4 Å². The molecule has 2 aromatic carbocycles. The van der Waals surface area contributed by atoms with Crippen molar-refractivity contribution in [2.75, 3.05) is 33.3 Å². The molecule has 0 radical (unpaired) electrons. The molecule has 1 aliphatic rings. The summed E-state index contributed by atoms with van der Waals surface area (Å²) in [5.41, 5.74) is 6.84. The Bertz CT molecular complexity index is 1110. The summed E-state index contributed by atoms with van der Waals surface area (Å²) in [5.74, 6) is -0.717. The molecule has 10 heteroatoms. The summed E-state index contributed by atoms with van der Waals surface area (Å²) < 4.78 is 21.0. The first-order valence-corrected chi connectivity index (χ1v) is 13.3. The van der Waals surface area contributed by atoms with Crippen LogP contribution in [0.25, 0.3) is 0 Å². The normalized spacial score (nSPS) is 15.7. The van der Waals surface area contributed by atoms with Gasteiger partial charge in [0.1, 0.15) is 11.6 Å². The van der Waals surface area contributed by atoms with Gasteiger partial charge in [-0.25, -0.2) is 4.39 Å². The van der Waals surface area contributed by atoms with Gasteiger partial charge >= 0.3 is 0 Å². The number of nitrogens with one attached hydrogen (secondary N) is 3. The lowest BCUT2D eigenvalue weighted by atomic mass is 9.97. The standard InChI is InChI=1S/C27H35BrFN5O3/c1-37-24-12-10-20(28)16-18(24)9-11-21-22(7-4-8-23(21)29)26(36)33-27(31)32-13-2-3-14-34-15-5-6-19(17-34)25(30)35/h4,7-8,10,12,16,19H,2-3,5-6,9,11,13-15,17H2,1H3,(H2,30,35)(H3,31,32,33,36)/t19-/m1/s1. The first-order valence-electron chi connectivity index (χ1n) is 12.5. The molecule has 0 saturated carbocycles. The summed E-state index contributed by atoms with van der Waals surface area (Å²) in [5, 5.41) is 13.5. The molecule has 0 aliphatic carbocycles. The number of hydrogen-bond donors (Lipinski definition) is 4. The lowest BCUT2D eigenvalue weighted by Gasteiger charge is -2.31. The predicted molar refractivity (Wildman–Crippen MR) is 145 cm³/mol. The number of piperidine rings is 1. The summed E-state index contributed by atoms with van der Waals surface area (Å²) in [4.78, 5) is 26.5. The predicted octanol–water partition coefficient (Wildman–Crippen LogP) is 3.61. The highest BCUT2D eigenvalue weighted by atomic mass is 79.9. The summed E-state index contributed by atoms with van der Waals surface area (Å²) in [7, 11) is 1.58. The van der Waals surface area contributed by atoms with Gasteiger partial charge in [0, 0.05) is 28.7 Å². The third-order valence-corrected chi connectivity index (χ3v) is 7.09. The molecule has 0 spiro atoms. The number of aryl methyl sites for hydroxylation is 1. The number of primary amides is 1. The average molecular weight is 577 g/mol. The second-order valence-corrected chi connectivity index (χ2v) is 10.1. The molecule has 2 aromatic rings. The zero-order valence-corrected chi connectivity index (χ0v) is 22.7. The SMILES string of the molecule is COc1ccc(Br)cc1CCc1c(F)cccc1C(=O)NC(=N)NCCCCN1CCC[C@@H](C(N)=O)C1. The van der Waals surface area contributed by atoms with E-state index in [4.69, 9.17) is 15.9 Å². The lowest BCUT2D eigenvalue weighted by Crippen LogP contribution is -2.42. The molecule has 1 heterocycles. The molecule has 200 valence electrons. The third kappa shape index (κ3) is 8.53. The van der Waals surface area contributed by atoms with Crippen molar-refractivity contribution in [3.63, 3.8) is 0 Å². The Morgan fingerprint density at radius 2 is 2.05 bits per heavy atom. The van der Waals surface area contributed by atoms with Gasteiger partial charge in [-0.2, -0.15) is 0 Å². The number of methoxy groups -OCH3 is 1. The van der Waals surface area contributed by atoms with E-state index in [0.717, 1.165) is 48.8 Å². The van der Waals surface area contributed by atoms with Crippen molar-refractivity contribution in [1.82, 2.24) is 15.5 Å². The molecule has 1 fully saturated rings. The van der Waals surface area contributed by atoms with Crippen LogP contribution in [0.2, 0.25) is 0 Å². The van der Waals surface area contributed by atoms with Crippen LogP contribution in [0.3, 0.4) is 0 Å². The number of rotatable bonds is 11. The molecular formula is C27H35BrFN5O3. The van der Waals surface area contributed by atoms with E-state index in [0.29, 0.717) is 37.2 Å². The van der Waals surface area contributed by atoms with Crippen LogP contribution in [-0.2, 0) is 17.6 Å². The molecular weight excluding hydrogens is 541 g/mol. The number of nitrogens with zero attached hydrogens (tertiary/aromatic N) is 1. The van der Waals surface area contributed by atoms with Crippen molar-refractivity contribution >= 4 is 33.7 Å². The van der Waals surface area contributed by atoms with Crippen LogP contribution >= 0.6 is 15.9 Å². The Morgan fingerprint density at radius 1 is 1.24 bits per heavy atom. The number of carbonyl (C=O) groups excluding carboxylic acids is 2. The first kappa shape index (κ1) is 28.6. The Morgan fingerprint density at radius 3 is 2.81 bits per heavy atom. The Hall–Kier alpha value is -2.98. The van der Waals surface area contributed by atoms with E-state index >= 15 is 0 Å². The van der Waals surface area contributed by atoms with Gasteiger partial charge in [-0.1, -0.05) is 22.0 Å². The molecule has 1 saturated heterocycles. The third-order valence-electron chi connectivity index (χ3n) is 6.60. The molecule has 1 atom stereocenters. The van der Waals surface area contributed by atoms with Gasteiger partial charge in [-0.05, 0) is 87.5 Å². The van der Waals surface area contributed by atoms with E-state index in [-0.39, 0.29) is 23.3 Å². The molecule has 8 nitrogen and oxygen atoms in total. The lowest BCUT2D eigenvalue weighted by molar-refractivity contribution is -0.123. The van der Waals surface area contributed by atoms with Crippen LogP contribution in [0.4, 0.5) is 4.39 Å². The fraction of sp³-hybridized carbons (Fsp3) is 0.444. The number of unbranched alkanes of at least 4 members (excludes halogenated alkanes) is 1. The van der Waals surface area contributed by atoms with E-state index in [1.165, 1.54) is 12.1 Å². The number of ether oxygens (including phenoxy) is 1. The molecule has 1 aliphatic heterocycles. The molecule has 3 rings (SSSR count). The summed E-state index contributed by atoms with van der Waals surface area (Å²) in [6, 6.07) is 10.0. The Kier molecular flexibility index (Phi) is 10.9. The van der Waals surface area contributed by atoms with E-state index in [9.17, 15) is 14.0 Å². The minimum absolute atomic E-state index is 0.0698. The number of amides is 2. The molecule has 5 N–H and O–H groups in total. The maximum atomic E-state index is 14.7. The van der Waals surface area contributed by atoms with Gasteiger partial charge in [0.25, 0.3) is 5.91 Å². The van der Waals surface area contributed by atoms with Gasteiger partial charge < -0.3 is 20.7 Å². The second kappa shape index (κ2) is 14.1. The number of benzene rings is 2. The number of hydrogen-bond acceptors (Lipinski definition) is 5. The van der Waals surface area contributed by atoms with Gasteiger partial charge in [0.15, 0.2) is 5.96 Å². The largest absolute Gasteiger partial charge is 0.496 e. The Balaban J connectivity index is 1.47. The zero-order valence-electron chi connectivity index (χ0n) is 21.1. The maximum Gasteiger partial charge on any atom is 0.258 e. The van der Waals surface area contributed by atoms with Gasteiger partial charge in [0.2, 0.25) is 5.91 Å². The van der Waals surface area contributed by atoms with Crippen molar-refractivity contribution in [2.45, 2.75) is 38.5 Å². The molecule has 2 amide bonds. The Labute approximate surface area is 225 Å². The van der Waals surface area contributed by atoms with Crippen LogP contribution in [-0.4, -0.2) is 56.0 Å². The topological polar surface area (TPSA) is 121 Å². The quantitative estimate of drug-likeness (QED) is 0.185. The zero-order chi connectivity index (χ0) is 26.8. The highest BCUT2D eigenvalue weighted by Gasteiger charge is 2.23. The monoisotopic (exact) mass is 575 g/mol. The van der Waals surface area contributed by atoms with Crippen molar-refractivity contribution < 1.29 is 18.7 Å². The van der Waals surface area contributed by atoms with Crippen LogP contribution in [0.15, 0.2) is 40.9 Å². The molecule has 0 bridgehead atoms. The van der Waals surface area contributed by atoms with Crippen LogP contribution < -0.4 is 21.1 Å². The number of guanidine groups is 1. The van der Waals surface area contributed by atoms with E-state index in [1.54, 1.807) is 13.2 Å². The number of carbonyl (C=O) groups is 2. The average Bonchev–Trinajstić information content (AvgIpc) is 2.87. The van der Waals surface area contributed by atoms with E-state index in [1.807, 2.05) is 18.2 Å². The minimum Gasteiger partial charge on any atom is -0.496 e. The highest BCUT2D eigenvalue weighted by molar-refractivity contribution is 9.10. The van der Waals surface area contributed by atoms with Crippen molar-refractivity contribution in [1.29, 1.82) is 5.41 Å². The first-order chi connectivity index (χ1) is 17.8. The molecule has 0 aromatic heterocycles. The minimum atomic E-state index is -0.529. The summed E-state index contributed by atoms with van der Waals surface area (Å²) in [6.45, 7) is 3.05. The van der Waals surface area contributed by atoms with Crippen LogP contribution in [0.5, 0.6) is 5.75 Å². The fourth-order valence-electron chi connectivity index (χ4n) is 4.62. The van der Waals surface area contributed by atoms with Gasteiger partial charge in [-0.3, -0.25) is 20.3 Å². The number of nitrogens with two attached hydrogens (primary N) is 1. The van der Waals surface area contributed by atoms with Crippen LogP contribution in [0.1, 0.15) is 47.2 Å². The van der Waals surface area contributed by atoms with Gasteiger partial charge in [0.05, 0.1) is 13.0 Å². The highest BCUT2D eigenvalue weighted by Crippen LogP contribution is 2.25. The molecule has 0 unspecified atom stereocenters. The molecule has 37 heavy (non-hydrogen) atoms. The van der Waals surface area contributed by atoms with E-state index in [2.05, 4.69) is 31.5 Å². The summed E-state index contributed by atoms with van der Waals surface area (Å²) in [6.07, 6.45) is 4.31.